The fourth-order valence-electron chi connectivity index (χ4n) is 2.88. The van der Waals surface area contributed by atoms with E-state index >= 15 is 0 Å². The molecule has 0 aliphatic carbocycles. The first-order valence-electron chi connectivity index (χ1n) is 9.70. The van der Waals surface area contributed by atoms with E-state index in [2.05, 4.69) is 10.6 Å². The molecule has 2 amide bonds. The quantitative estimate of drug-likeness (QED) is 0.652. The molecule has 0 aliphatic heterocycles. The van der Waals surface area contributed by atoms with E-state index < -0.39 is 26.5 Å². The Morgan fingerprint density at radius 1 is 1.11 bits per heavy atom. The van der Waals surface area contributed by atoms with Gasteiger partial charge >= 0.3 is 0 Å². The Bertz CT molecular complexity index is 806. The summed E-state index contributed by atoms with van der Waals surface area (Å²) < 4.78 is 24.9. The minimum atomic E-state index is -3.62. The molecule has 0 fully saturated rings. The average Bonchev–Trinajstić information content (AvgIpc) is 2.56. The second-order valence-electron chi connectivity index (χ2n) is 8.16. The van der Waals surface area contributed by atoms with E-state index in [1.54, 1.807) is 0 Å². The number of anilines is 1. The first kappa shape index (κ1) is 24.1. The van der Waals surface area contributed by atoms with Crippen molar-refractivity contribution in [2.24, 2.45) is 0 Å². The summed E-state index contributed by atoms with van der Waals surface area (Å²) in [6.45, 7) is 12.9. The van der Waals surface area contributed by atoms with Crippen molar-refractivity contribution in [3.8, 4) is 0 Å². The first-order valence-corrected chi connectivity index (χ1v) is 11.4. The monoisotopic (exact) mass is 410 g/mol. The third-order valence-corrected chi connectivity index (χ3v) is 7.18. The zero-order valence-corrected chi connectivity index (χ0v) is 18.9. The van der Waals surface area contributed by atoms with Crippen LogP contribution in [-0.4, -0.2) is 36.8 Å². The second-order valence-corrected chi connectivity index (χ2v) is 10.6. The Balaban J connectivity index is 2.62. The molecule has 1 rings (SSSR count). The molecule has 0 bridgehead atoms. The Morgan fingerprint density at radius 2 is 1.64 bits per heavy atom. The van der Waals surface area contributed by atoms with Gasteiger partial charge in [0.1, 0.15) is 5.25 Å². The van der Waals surface area contributed by atoms with Gasteiger partial charge in [-0.3, -0.25) is 9.59 Å². The van der Waals surface area contributed by atoms with Crippen LogP contribution in [0.15, 0.2) is 12.1 Å². The molecule has 1 aromatic carbocycles. The summed E-state index contributed by atoms with van der Waals surface area (Å²) in [5, 5.41) is 4.50. The molecule has 7 heteroatoms. The van der Waals surface area contributed by atoms with Gasteiger partial charge in [0.05, 0.1) is 5.75 Å². The van der Waals surface area contributed by atoms with Crippen LogP contribution in [-0.2, 0) is 19.4 Å². The van der Waals surface area contributed by atoms with Crippen LogP contribution in [0.2, 0.25) is 0 Å². The van der Waals surface area contributed by atoms with Gasteiger partial charge in [0.15, 0.2) is 9.84 Å². The highest BCUT2D eigenvalue weighted by atomic mass is 32.2. The highest BCUT2D eigenvalue weighted by Gasteiger charge is 2.30. The summed E-state index contributed by atoms with van der Waals surface area (Å²) in [7, 11) is -3.62. The van der Waals surface area contributed by atoms with Crippen LogP contribution >= 0.6 is 0 Å². The van der Waals surface area contributed by atoms with E-state index in [0.29, 0.717) is 6.42 Å². The highest BCUT2D eigenvalue weighted by molar-refractivity contribution is 7.92. The molecule has 0 saturated heterocycles. The number of nitrogens with one attached hydrogen (secondary N) is 2. The van der Waals surface area contributed by atoms with Crippen LogP contribution in [0.25, 0.3) is 0 Å². The molecule has 2 N–H and O–H groups in total. The molecule has 0 spiro atoms. The van der Waals surface area contributed by atoms with Crippen LogP contribution in [0, 0.1) is 20.8 Å². The van der Waals surface area contributed by atoms with Crippen LogP contribution in [0.1, 0.15) is 63.6 Å². The van der Waals surface area contributed by atoms with Crippen LogP contribution in [0.3, 0.4) is 0 Å². The molecule has 0 aliphatic rings. The molecule has 0 aromatic heterocycles. The van der Waals surface area contributed by atoms with Crippen molar-refractivity contribution < 1.29 is 18.0 Å². The Kier molecular flexibility index (Phi) is 8.23. The SMILES string of the molecule is CCC(C)(C)NC(=O)C(C)S(=O)(=O)CCCC(=O)Nc1c(C)cc(C)cc1C. The van der Waals surface area contributed by atoms with Gasteiger partial charge in [-0.15, -0.1) is 0 Å². The van der Waals surface area contributed by atoms with Crippen molar-refractivity contribution >= 4 is 27.3 Å². The van der Waals surface area contributed by atoms with Gasteiger partial charge in [0.25, 0.3) is 0 Å². The van der Waals surface area contributed by atoms with Gasteiger partial charge in [0.2, 0.25) is 11.8 Å². The molecular formula is C21H34N2O4S. The highest BCUT2D eigenvalue weighted by Crippen LogP contribution is 2.22. The largest absolute Gasteiger partial charge is 0.350 e. The van der Waals surface area contributed by atoms with Crippen LogP contribution in [0.4, 0.5) is 5.69 Å². The summed E-state index contributed by atoms with van der Waals surface area (Å²) in [4.78, 5) is 24.5. The number of benzene rings is 1. The van der Waals surface area contributed by atoms with Crippen molar-refractivity contribution in [3.05, 3.63) is 28.8 Å². The molecule has 1 aromatic rings. The molecule has 158 valence electrons. The fourth-order valence-corrected chi connectivity index (χ4v) is 4.16. The van der Waals surface area contributed by atoms with E-state index in [1.165, 1.54) is 6.92 Å². The smallest absolute Gasteiger partial charge is 0.238 e. The van der Waals surface area contributed by atoms with Crippen molar-refractivity contribution in [2.75, 3.05) is 11.1 Å². The summed E-state index contributed by atoms with van der Waals surface area (Å²) >= 11 is 0. The van der Waals surface area contributed by atoms with Gasteiger partial charge in [-0.25, -0.2) is 8.42 Å². The molecule has 6 nitrogen and oxygen atoms in total. The van der Waals surface area contributed by atoms with Gasteiger partial charge in [-0.05, 0) is 65.5 Å². The van der Waals surface area contributed by atoms with E-state index in [1.807, 2.05) is 53.7 Å². The van der Waals surface area contributed by atoms with Gasteiger partial charge in [-0.2, -0.15) is 0 Å². The summed E-state index contributed by atoms with van der Waals surface area (Å²) in [6.07, 6.45) is 0.956. The van der Waals surface area contributed by atoms with E-state index in [9.17, 15) is 18.0 Å². The van der Waals surface area contributed by atoms with E-state index in [4.69, 9.17) is 0 Å². The van der Waals surface area contributed by atoms with Crippen molar-refractivity contribution in [1.82, 2.24) is 5.32 Å². The lowest BCUT2D eigenvalue weighted by atomic mass is 10.0. The first-order chi connectivity index (χ1) is 12.8. The van der Waals surface area contributed by atoms with Crippen LogP contribution in [0.5, 0.6) is 0 Å². The van der Waals surface area contributed by atoms with Crippen molar-refractivity contribution in [1.29, 1.82) is 0 Å². The zero-order chi connectivity index (χ0) is 21.7. The van der Waals surface area contributed by atoms with Gasteiger partial charge < -0.3 is 10.6 Å². The predicted molar refractivity (Wildman–Crippen MR) is 114 cm³/mol. The normalized spacial score (nSPS) is 13.1. The summed E-state index contributed by atoms with van der Waals surface area (Å²) in [5.74, 6) is -0.926. The predicted octanol–water partition coefficient (Wildman–Crippen LogP) is 3.44. The number of hydrogen-bond donors (Lipinski definition) is 2. The van der Waals surface area contributed by atoms with Crippen LogP contribution < -0.4 is 10.6 Å². The minimum absolute atomic E-state index is 0.0841. The third kappa shape index (κ3) is 6.93. The lowest BCUT2D eigenvalue weighted by molar-refractivity contribution is -0.122. The Labute approximate surface area is 169 Å². The number of carbonyl (C=O) groups excluding carboxylic acids is 2. The molecule has 0 heterocycles. The maximum atomic E-state index is 12.4. The molecule has 28 heavy (non-hydrogen) atoms. The summed E-state index contributed by atoms with van der Waals surface area (Å²) in [6, 6.07) is 3.98. The third-order valence-electron chi connectivity index (χ3n) is 5.03. The number of amides is 2. The second kappa shape index (κ2) is 9.54. The maximum absolute atomic E-state index is 12.4. The fraction of sp³-hybridized carbons (Fsp3) is 0.619. The van der Waals surface area contributed by atoms with Crippen molar-refractivity contribution in [3.63, 3.8) is 0 Å². The molecule has 0 saturated carbocycles. The Hall–Kier alpha value is -1.89. The van der Waals surface area contributed by atoms with E-state index in [0.717, 1.165) is 22.4 Å². The number of rotatable bonds is 9. The topological polar surface area (TPSA) is 92.3 Å². The van der Waals surface area contributed by atoms with Gasteiger partial charge in [0, 0.05) is 17.6 Å². The van der Waals surface area contributed by atoms with Crippen molar-refractivity contribution in [2.45, 2.75) is 78.5 Å². The molecule has 1 unspecified atom stereocenters. The number of aryl methyl sites for hydroxylation is 3. The number of carbonyl (C=O) groups is 2. The molecule has 0 radical (unpaired) electrons. The lowest BCUT2D eigenvalue weighted by Gasteiger charge is -2.26. The average molecular weight is 411 g/mol. The number of sulfone groups is 1. The zero-order valence-electron chi connectivity index (χ0n) is 18.1. The summed E-state index contributed by atoms with van der Waals surface area (Å²) in [5.41, 5.74) is 3.39. The number of hydrogen-bond acceptors (Lipinski definition) is 4. The Morgan fingerprint density at radius 3 is 2.14 bits per heavy atom. The standard InChI is InChI=1S/C21H34N2O4S/c1-8-21(6,7)23-20(25)17(5)28(26,27)11-9-10-18(24)22-19-15(3)12-14(2)13-16(19)4/h12-13,17H,8-11H2,1-7H3,(H,22,24)(H,23,25). The minimum Gasteiger partial charge on any atom is -0.350 e. The van der Waals surface area contributed by atoms with Gasteiger partial charge in [-0.1, -0.05) is 24.6 Å². The molecule has 1 atom stereocenters. The van der Waals surface area contributed by atoms with E-state index in [-0.39, 0.29) is 24.5 Å². The maximum Gasteiger partial charge on any atom is 0.238 e. The lowest BCUT2D eigenvalue weighted by Crippen LogP contribution is -2.49. The molecular weight excluding hydrogens is 376 g/mol.